The first kappa shape index (κ1) is 19.5. The molecule has 2 aliphatic rings. The molecule has 2 rings (SSSR count). The largest absolute Gasteiger partial charge is 0.381 e. The fraction of sp³-hybridized carbons (Fsp3) is 0.889. The number of hydrogen-bond acceptors (Lipinski definition) is 6. The average Bonchev–Trinajstić information content (AvgIpc) is 2.59. The highest BCUT2D eigenvalue weighted by molar-refractivity contribution is 5.86. The van der Waals surface area contributed by atoms with Gasteiger partial charge in [-0.15, -0.1) is 0 Å². The summed E-state index contributed by atoms with van der Waals surface area (Å²) in [7, 11) is 0. The number of carbonyl (C=O) groups excluding carboxylic acids is 2. The van der Waals surface area contributed by atoms with Crippen LogP contribution in [0.4, 0.5) is 0 Å². The summed E-state index contributed by atoms with van der Waals surface area (Å²) in [5.41, 5.74) is -0.792. The van der Waals surface area contributed by atoms with Gasteiger partial charge in [0.25, 0.3) is 0 Å². The summed E-state index contributed by atoms with van der Waals surface area (Å²) >= 11 is 0. The van der Waals surface area contributed by atoms with Gasteiger partial charge in [-0.1, -0.05) is 0 Å². The summed E-state index contributed by atoms with van der Waals surface area (Å²) < 4.78 is 10.8. The van der Waals surface area contributed by atoms with E-state index in [4.69, 9.17) is 9.47 Å². The zero-order valence-corrected chi connectivity index (χ0v) is 15.1. The van der Waals surface area contributed by atoms with Gasteiger partial charge in [-0.05, 0) is 65.5 Å². The zero-order chi connectivity index (χ0) is 17.5. The second-order valence-electron chi connectivity index (χ2n) is 7.06. The number of unbranched alkanes of at least 4 members (excludes halogenated alkanes) is 1. The summed E-state index contributed by atoms with van der Waals surface area (Å²) in [4.78, 5) is 24.0. The molecular weight excluding hydrogens is 308 g/mol. The van der Waals surface area contributed by atoms with Crippen molar-refractivity contribution in [3.63, 3.8) is 0 Å². The van der Waals surface area contributed by atoms with Crippen molar-refractivity contribution in [1.82, 2.24) is 10.6 Å². The number of nitrogens with one attached hydrogen (secondary N) is 2. The Bertz CT molecular complexity index is 387. The highest BCUT2D eigenvalue weighted by Gasteiger charge is 2.37. The molecule has 2 N–H and O–H groups in total. The molecule has 6 nitrogen and oxygen atoms in total. The third kappa shape index (κ3) is 4.85. The quantitative estimate of drug-likeness (QED) is 0.615. The molecule has 138 valence electrons. The van der Waals surface area contributed by atoms with E-state index in [-0.39, 0.29) is 11.6 Å². The van der Waals surface area contributed by atoms with E-state index in [0.29, 0.717) is 26.4 Å². The minimum atomic E-state index is -0.396. The van der Waals surface area contributed by atoms with Gasteiger partial charge in [0, 0.05) is 26.4 Å². The predicted molar refractivity (Wildman–Crippen MR) is 92.2 cm³/mol. The molecule has 0 unspecified atom stereocenters. The third-order valence-electron chi connectivity index (χ3n) is 5.57. The van der Waals surface area contributed by atoms with Crippen LogP contribution in [0.1, 0.15) is 52.4 Å². The van der Waals surface area contributed by atoms with Crippen LogP contribution in [-0.4, -0.2) is 62.2 Å². The van der Waals surface area contributed by atoms with Crippen molar-refractivity contribution >= 4 is 11.6 Å². The molecule has 0 aromatic rings. The lowest BCUT2D eigenvalue weighted by Gasteiger charge is -2.36. The molecule has 0 saturated carbocycles. The Morgan fingerprint density at radius 1 is 0.750 bits per heavy atom. The Balaban J connectivity index is 1.68. The van der Waals surface area contributed by atoms with Gasteiger partial charge >= 0.3 is 0 Å². The molecule has 0 aliphatic carbocycles. The minimum Gasteiger partial charge on any atom is -0.381 e. The van der Waals surface area contributed by atoms with Crippen LogP contribution in [0.3, 0.4) is 0 Å². The molecule has 0 atom stereocenters. The molecule has 2 aliphatic heterocycles. The van der Waals surface area contributed by atoms with E-state index in [9.17, 15) is 9.59 Å². The summed E-state index contributed by atoms with van der Waals surface area (Å²) in [5, 5.41) is 6.92. The van der Waals surface area contributed by atoms with Crippen molar-refractivity contribution in [3.8, 4) is 0 Å². The Kier molecular flexibility index (Phi) is 7.34. The Morgan fingerprint density at radius 3 is 1.38 bits per heavy atom. The van der Waals surface area contributed by atoms with Gasteiger partial charge in [0.2, 0.25) is 0 Å². The van der Waals surface area contributed by atoms with Gasteiger partial charge in [-0.25, -0.2) is 0 Å². The van der Waals surface area contributed by atoms with Gasteiger partial charge < -0.3 is 20.1 Å². The van der Waals surface area contributed by atoms with E-state index in [2.05, 4.69) is 10.6 Å². The van der Waals surface area contributed by atoms with Gasteiger partial charge in [-0.3, -0.25) is 9.59 Å². The first-order valence-corrected chi connectivity index (χ1v) is 9.18. The first-order chi connectivity index (χ1) is 11.5. The number of hydrogen-bond donors (Lipinski definition) is 2. The van der Waals surface area contributed by atoms with Crippen LogP contribution in [0.25, 0.3) is 0 Å². The molecule has 2 fully saturated rings. The Morgan fingerprint density at radius 2 is 1.08 bits per heavy atom. The van der Waals surface area contributed by atoms with E-state index in [1.807, 2.05) is 0 Å². The van der Waals surface area contributed by atoms with Crippen LogP contribution in [0.2, 0.25) is 0 Å². The fourth-order valence-electron chi connectivity index (χ4n) is 3.65. The van der Waals surface area contributed by atoms with Crippen molar-refractivity contribution in [2.24, 2.45) is 0 Å². The lowest BCUT2D eigenvalue weighted by Crippen LogP contribution is -2.55. The molecule has 0 aromatic heterocycles. The number of carbonyl (C=O) groups is 2. The van der Waals surface area contributed by atoms with Crippen molar-refractivity contribution in [3.05, 3.63) is 0 Å². The monoisotopic (exact) mass is 340 g/mol. The van der Waals surface area contributed by atoms with Crippen molar-refractivity contribution in [2.75, 3.05) is 39.5 Å². The summed E-state index contributed by atoms with van der Waals surface area (Å²) in [6.45, 7) is 7.57. The van der Waals surface area contributed by atoms with Crippen molar-refractivity contribution < 1.29 is 19.1 Å². The topological polar surface area (TPSA) is 76.7 Å². The molecule has 0 spiro atoms. The van der Waals surface area contributed by atoms with E-state index >= 15 is 0 Å². The maximum atomic E-state index is 12.0. The number of ketones is 2. The third-order valence-corrected chi connectivity index (χ3v) is 5.57. The number of rotatable bonds is 9. The van der Waals surface area contributed by atoms with Gasteiger partial charge in [0.05, 0.1) is 11.1 Å². The molecule has 2 saturated heterocycles. The van der Waals surface area contributed by atoms with Crippen molar-refractivity contribution in [1.29, 1.82) is 0 Å². The van der Waals surface area contributed by atoms with Gasteiger partial charge in [0.1, 0.15) is 11.6 Å². The Labute approximate surface area is 145 Å². The second kappa shape index (κ2) is 9.04. The molecule has 0 aromatic carbocycles. The molecule has 24 heavy (non-hydrogen) atoms. The van der Waals surface area contributed by atoms with Gasteiger partial charge in [-0.2, -0.15) is 0 Å². The number of Topliss-reactive ketones (excluding diaryl/α,β-unsaturated/α-hetero) is 2. The van der Waals surface area contributed by atoms with Crippen LogP contribution in [0, 0.1) is 0 Å². The predicted octanol–water partition coefficient (Wildman–Crippen LogP) is 1.22. The molecule has 0 amide bonds. The first-order valence-electron chi connectivity index (χ1n) is 9.18. The smallest absolute Gasteiger partial charge is 0.149 e. The van der Waals surface area contributed by atoms with Crippen LogP contribution in [0.15, 0.2) is 0 Å². The normalized spacial score (nSPS) is 22.9. The second-order valence-corrected chi connectivity index (χ2v) is 7.06. The van der Waals surface area contributed by atoms with Crippen LogP contribution in [0.5, 0.6) is 0 Å². The van der Waals surface area contributed by atoms with Gasteiger partial charge in [0.15, 0.2) is 0 Å². The highest BCUT2D eigenvalue weighted by atomic mass is 16.5. The summed E-state index contributed by atoms with van der Waals surface area (Å²) in [6, 6.07) is 0. The SMILES string of the molecule is CC(=O)C1(NCCCCNC2(C(C)=O)CCOCC2)CCOCC1. The maximum Gasteiger partial charge on any atom is 0.149 e. The molecule has 0 radical (unpaired) electrons. The standard InChI is InChI=1S/C18H32N2O4/c1-15(21)17(5-11-23-12-6-17)19-9-3-4-10-20-18(16(2)22)7-13-24-14-8-18/h19-20H,3-14H2,1-2H3. The van der Waals surface area contributed by atoms with E-state index < -0.39 is 11.1 Å². The summed E-state index contributed by atoms with van der Waals surface area (Å²) in [5.74, 6) is 0.420. The molecule has 0 bridgehead atoms. The molecule has 2 heterocycles. The van der Waals surface area contributed by atoms with Crippen LogP contribution < -0.4 is 10.6 Å². The lowest BCUT2D eigenvalue weighted by molar-refractivity contribution is -0.128. The highest BCUT2D eigenvalue weighted by Crippen LogP contribution is 2.23. The summed E-state index contributed by atoms with van der Waals surface area (Å²) in [6.07, 6.45) is 4.99. The molecular formula is C18H32N2O4. The fourth-order valence-corrected chi connectivity index (χ4v) is 3.65. The van der Waals surface area contributed by atoms with Crippen LogP contribution >= 0.6 is 0 Å². The van der Waals surface area contributed by atoms with E-state index in [1.165, 1.54) is 0 Å². The maximum absolute atomic E-state index is 12.0. The average molecular weight is 340 g/mol. The Hall–Kier alpha value is -0.820. The molecule has 6 heteroatoms. The van der Waals surface area contributed by atoms with E-state index in [0.717, 1.165) is 51.6 Å². The zero-order valence-electron chi connectivity index (χ0n) is 15.1. The van der Waals surface area contributed by atoms with Crippen LogP contribution in [-0.2, 0) is 19.1 Å². The minimum absolute atomic E-state index is 0.210. The van der Waals surface area contributed by atoms with Crippen molar-refractivity contribution in [2.45, 2.75) is 63.5 Å². The van der Waals surface area contributed by atoms with E-state index in [1.54, 1.807) is 13.8 Å². The number of ether oxygens (including phenoxy) is 2. The lowest BCUT2D eigenvalue weighted by atomic mass is 9.85.